The Balaban J connectivity index is 2.17. The Labute approximate surface area is 119 Å². The van der Waals surface area contributed by atoms with Crippen LogP contribution in [-0.4, -0.2) is 34.1 Å². The fourth-order valence-corrected chi connectivity index (χ4v) is 1.96. The Bertz CT molecular complexity index is 423. The van der Waals surface area contributed by atoms with Crippen LogP contribution in [0.15, 0.2) is 0 Å². The molecule has 0 saturated heterocycles. The van der Waals surface area contributed by atoms with Gasteiger partial charge in [0.1, 0.15) is 0 Å². The molecule has 1 saturated carbocycles. The predicted octanol–water partition coefficient (Wildman–Crippen LogP) is 2.94. The van der Waals surface area contributed by atoms with Crippen molar-refractivity contribution in [1.82, 2.24) is 15.0 Å². The van der Waals surface area contributed by atoms with Gasteiger partial charge in [0.05, 0.1) is 6.61 Å². The van der Waals surface area contributed by atoms with Gasteiger partial charge in [-0.3, -0.25) is 0 Å². The Morgan fingerprint density at radius 2 is 2.05 bits per heavy atom. The summed E-state index contributed by atoms with van der Waals surface area (Å²) in [4.78, 5) is 14.8. The van der Waals surface area contributed by atoms with Gasteiger partial charge in [0.2, 0.25) is 11.2 Å². The second kappa shape index (κ2) is 6.37. The third-order valence-corrected chi connectivity index (χ3v) is 3.21. The predicted molar refractivity (Wildman–Crippen MR) is 75.8 cm³/mol. The lowest BCUT2D eigenvalue weighted by Crippen LogP contribution is -2.34. The van der Waals surface area contributed by atoms with E-state index in [9.17, 15) is 0 Å². The van der Waals surface area contributed by atoms with Gasteiger partial charge in [-0.15, -0.1) is 0 Å². The van der Waals surface area contributed by atoms with Crippen molar-refractivity contribution in [2.45, 2.75) is 46.1 Å². The second-order valence-corrected chi connectivity index (χ2v) is 5.56. The molecule has 0 bridgehead atoms. The summed E-state index contributed by atoms with van der Waals surface area (Å²) in [5.74, 6) is 1.38. The molecule has 0 aromatic carbocycles. The Morgan fingerprint density at radius 1 is 1.32 bits per heavy atom. The first-order valence-corrected chi connectivity index (χ1v) is 7.29. The molecule has 2 rings (SSSR count). The van der Waals surface area contributed by atoms with E-state index in [-0.39, 0.29) is 5.28 Å². The summed E-state index contributed by atoms with van der Waals surface area (Å²) < 4.78 is 5.45. The molecule has 1 aromatic rings. The first-order valence-electron chi connectivity index (χ1n) is 6.91. The topological polar surface area (TPSA) is 51.1 Å². The van der Waals surface area contributed by atoms with Crippen LogP contribution >= 0.6 is 11.6 Å². The Kier molecular flexibility index (Phi) is 4.80. The van der Waals surface area contributed by atoms with E-state index in [0.29, 0.717) is 24.6 Å². The number of hydrogen-bond donors (Lipinski definition) is 0. The number of halogens is 1. The van der Waals surface area contributed by atoms with Gasteiger partial charge in [-0.05, 0) is 50.6 Å². The van der Waals surface area contributed by atoms with Gasteiger partial charge in [-0.1, -0.05) is 6.92 Å². The molecule has 106 valence electrons. The normalized spacial score (nSPS) is 14.8. The van der Waals surface area contributed by atoms with Crippen molar-refractivity contribution in [2.75, 3.05) is 18.1 Å². The van der Waals surface area contributed by atoms with E-state index in [0.717, 1.165) is 18.9 Å². The average Bonchev–Trinajstić information content (AvgIpc) is 3.16. The summed E-state index contributed by atoms with van der Waals surface area (Å²) in [5, 5.41) is 0.192. The number of nitrogens with zero attached hydrogens (tertiary/aromatic N) is 4. The monoisotopic (exact) mass is 284 g/mol. The van der Waals surface area contributed by atoms with Crippen LogP contribution in [-0.2, 0) is 0 Å². The van der Waals surface area contributed by atoms with E-state index in [2.05, 4.69) is 33.7 Å². The van der Waals surface area contributed by atoms with Gasteiger partial charge in [-0.25, -0.2) is 0 Å². The van der Waals surface area contributed by atoms with Crippen molar-refractivity contribution < 1.29 is 4.74 Å². The maximum Gasteiger partial charge on any atom is 0.322 e. The summed E-state index contributed by atoms with van der Waals surface area (Å²) in [6.07, 6.45) is 3.50. The van der Waals surface area contributed by atoms with Crippen LogP contribution < -0.4 is 9.64 Å². The zero-order valence-corrected chi connectivity index (χ0v) is 12.5. The Hall–Kier alpha value is -1.10. The van der Waals surface area contributed by atoms with Crippen molar-refractivity contribution in [2.24, 2.45) is 5.92 Å². The fourth-order valence-electron chi connectivity index (χ4n) is 1.81. The lowest BCUT2D eigenvalue weighted by atomic mass is 10.3. The minimum absolute atomic E-state index is 0.192. The van der Waals surface area contributed by atoms with E-state index < -0.39 is 0 Å². The van der Waals surface area contributed by atoms with E-state index in [1.165, 1.54) is 12.8 Å². The van der Waals surface area contributed by atoms with Crippen molar-refractivity contribution in [3.8, 4) is 6.01 Å². The van der Waals surface area contributed by atoms with Crippen LogP contribution in [0.25, 0.3) is 0 Å². The molecule has 6 heteroatoms. The SMILES string of the molecule is CCCOc1nc(Cl)nc(N(CC2CC2)C(C)C)n1. The van der Waals surface area contributed by atoms with Crippen LogP contribution in [0.4, 0.5) is 5.95 Å². The standard InChI is InChI=1S/C13H21ClN4O/c1-4-7-19-13-16-11(14)15-12(17-13)18(9(2)3)8-10-5-6-10/h9-10H,4-8H2,1-3H3. The first kappa shape index (κ1) is 14.3. The van der Waals surface area contributed by atoms with E-state index >= 15 is 0 Å². The second-order valence-electron chi connectivity index (χ2n) is 5.22. The molecule has 1 heterocycles. The largest absolute Gasteiger partial charge is 0.463 e. The summed E-state index contributed by atoms with van der Waals surface area (Å²) >= 11 is 5.96. The quantitative estimate of drug-likeness (QED) is 0.770. The maximum atomic E-state index is 5.96. The minimum atomic E-state index is 0.192. The number of rotatable bonds is 7. The summed E-state index contributed by atoms with van der Waals surface area (Å²) in [6, 6.07) is 0.649. The maximum absolute atomic E-state index is 5.96. The van der Waals surface area contributed by atoms with Crippen molar-refractivity contribution in [1.29, 1.82) is 0 Å². The van der Waals surface area contributed by atoms with Crippen LogP contribution in [0.2, 0.25) is 5.28 Å². The van der Waals surface area contributed by atoms with E-state index in [1.807, 2.05) is 6.92 Å². The number of aromatic nitrogens is 3. The first-order chi connectivity index (χ1) is 9.10. The molecular formula is C13H21ClN4O. The highest BCUT2D eigenvalue weighted by atomic mass is 35.5. The molecule has 19 heavy (non-hydrogen) atoms. The van der Waals surface area contributed by atoms with E-state index in [1.54, 1.807) is 0 Å². The van der Waals surface area contributed by atoms with Gasteiger partial charge in [0.25, 0.3) is 0 Å². The average molecular weight is 285 g/mol. The zero-order valence-electron chi connectivity index (χ0n) is 11.8. The molecule has 1 aliphatic rings. The highest BCUT2D eigenvalue weighted by Crippen LogP contribution is 2.31. The Morgan fingerprint density at radius 3 is 2.63 bits per heavy atom. The van der Waals surface area contributed by atoms with Gasteiger partial charge in [0, 0.05) is 12.6 Å². The number of hydrogen-bond acceptors (Lipinski definition) is 5. The molecule has 0 atom stereocenters. The molecule has 0 aliphatic heterocycles. The minimum Gasteiger partial charge on any atom is -0.463 e. The highest BCUT2D eigenvalue weighted by Gasteiger charge is 2.27. The van der Waals surface area contributed by atoms with Crippen LogP contribution in [0.1, 0.15) is 40.0 Å². The summed E-state index contributed by atoms with van der Waals surface area (Å²) in [5.41, 5.74) is 0. The molecule has 5 nitrogen and oxygen atoms in total. The third-order valence-electron chi connectivity index (χ3n) is 3.04. The lowest BCUT2D eigenvalue weighted by Gasteiger charge is -2.26. The molecular weight excluding hydrogens is 264 g/mol. The highest BCUT2D eigenvalue weighted by molar-refractivity contribution is 6.28. The van der Waals surface area contributed by atoms with Gasteiger partial charge < -0.3 is 9.64 Å². The fraction of sp³-hybridized carbons (Fsp3) is 0.769. The number of anilines is 1. The van der Waals surface area contributed by atoms with Crippen molar-refractivity contribution >= 4 is 17.5 Å². The molecule has 0 spiro atoms. The molecule has 0 radical (unpaired) electrons. The third kappa shape index (κ3) is 4.20. The molecule has 1 fully saturated rings. The van der Waals surface area contributed by atoms with Gasteiger partial charge in [-0.2, -0.15) is 15.0 Å². The smallest absolute Gasteiger partial charge is 0.322 e. The van der Waals surface area contributed by atoms with Gasteiger partial charge >= 0.3 is 6.01 Å². The molecule has 0 N–H and O–H groups in total. The van der Waals surface area contributed by atoms with Crippen LogP contribution in [0.3, 0.4) is 0 Å². The summed E-state index contributed by atoms with van der Waals surface area (Å²) in [7, 11) is 0. The van der Waals surface area contributed by atoms with Gasteiger partial charge in [0.15, 0.2) is 0 Å². The van der Waals surface area contributed by atoms with E-state index in [4.69, 9.17) is 16.3 Å². The number of ether oxygens (including phenoxy) is 1. The lowest BCUT2D eigenvalue weighted by molar-refractivity contribution is 0.291. The summed E-state index contributed by atoms with van der Waals surface area (Å²) in [6.45, 7) is 7.87. The molecule has 1 aliphatic carbocycles. The van der Waals surface area contributed by atoms with Crippen LogP contribution in [0.5, 0.6) is 6.01 Å². The van der Waals surface area contributed by atoms with Crippen molar-refractivity contribution in [3.63, 3.8) is 0 Å². The molecule has 0 amide bonds. The zero-order chi connectivity index (χ0) is 13.8. The molecule has 0 unspecified atom stereocenters. The molecule has 1 aromatic heterocycles. The van der Waals surface area contributed by atoms with Crippen LogP contribution in [0, 0.1) is 5.92 Å². The van der Waals surface area contributed by atoms with Crippen molar-refractivity contribution in [3.05, 3.63) is 5.28 Å².